The third kappa shape index (κ3) is 5.35. The minimum atomic E-state index is -0.974. The fourth-order valence-electron chi connectivity index (χ4n) is 2.68. The Hall–Kier alpha value is -2.82. The Balaban J connectivity index is 2.01. The summed E-state index contributed by atoms with van der Waals surface area (Å²) in [6.45, 7) is 4.30. The molecular weight excluding hydrogens is 318 g/mol. The second-order valence-electron chi connectivity index (χ2n) is 5.85. The molecule has 0 radical (unpaired) electrons. The third-order valence-corrected chi connectivity index (χ3v) is 4.10. The van der Waals surface area contributed by atoms with Crippen molar-refractivity contribution in [2.45, 2.75) is 26.2 Å². The van der Waals surface area contributed by atoms with E-state index in [0.717, 1.165) is 11.3 Å². The molecule has 0 unspecified atom stereocenters. The van der Waals surface area contributed by atoms with Gasteiger partial charge >= 0.3 is 5.97 Å². The van der Waals surface area contributed by atoms with Crippen molar-refractivity contribution in [3.8, 4) is 5.75 Å². The number of carboxylic acid groups (broad SMARTS) is 1. The van der Waals surface area contributed by atoms with Gasteiger partial charge in [0.1, 0.15) is 5.75 Å². The van der Waals surface area contributed by atoms with Crippen LogP contribution < -0.4 is 10.1 Å². The van der Waals surface area contributed by atoms with Crippen molar-refractivity contribution in [2.24, 2.45) is 5.92 Å². The average molecular weight is 341 g/mol. The lowest BCUT2D eigenvalue weighted by Crippen LogP contribution is -2.26. The molecule has 2 aromatic carbocycles. The highest BCUT2D eigenvalue weighted by atomic mass is 16.5. The van der Waals surface area contributed by atoms with Crippen molar-refractivity contribution < 1.29 is 19.4 Å². The molecule has 0 bridgehead atoms. The van der Waals surface area contributed by atoms with Crippen LogP contribution in [-0.4, -0.2) is 23.6 Å². The number of benzene rings is 2. The standard InChI is InChI=1S/C20H23NO4/c1-3-25-17-11-9-16(10-12-17)21-19(22)13-18(20(23)24)14(2)15-7-5-4-6-8-15/h4-12,14,18H,3,13H2,1-2H3,(H,21,22)(H,23,24)/t14-,18+/m0/s1. The molecule has 2 aromatic rings. The molecular formula is C20H23NO4. The summed E-state index contributed by atoms with van der Waals surface area (Å²) in [4.78, 5) is 23.9. The largest absolute Gasteiger partial charge is 0.494 e. The van der Waals surface area contributed by atoms with Crippen molar-refractivity contribution in [3.63, 3.8) is 0 Å². The molecule has 0 aliphatic carbocycles. The minimum absolute atomic E-state index is 0.0847. The summed E-state index contributed by atoms with van der Waals surface area (Å²) in [5.74, 6) is -1.62. The summed E-state index contributed by atoms with van der Waals surface area (Å²) in [5, 5.41) is 12.3. The second kappa shape index (κ2) is 8.87. The number of hydrogen-bond acceptors (Lipinski definition) is 3. The van der Waals surface area contributed by atoms with Gasteiger partial charge in [0.2, 0.25) is 5.91 Å². The Bertz CT molecular complexity index is 697. The lowest BCUT2D eigenvalue weighted by Gasteiger charge is -2.20. The first-order chi connectivity index (χ1) is 12.0. The van der Waals surface area contributed by atoms with Gasteiger partial charge in [-0.25, -0.2) is 0 Å². The first kappa shape index (κ1) is 18.5. The van der Waals surface area contributed by atoms with Gasteiger partial charge in [0, 0.05) is 12.1 Å². The quantitative estimate of drug-likeness (QED) is 0.763. The van der Waals surface area contributed by atoms with Crippen LogP contribution in [0.25, 0.3) is 0 Å². The summed E-state index contributed by atoms with van der Waals surface area (Å²) in [5.41, 5.74) is 1.52. The molecule has 2 N–H and O–H groups in total. The van der Waals surface area contributed by atoms with E-state index < -0.39 is 11.9 Å². The van der Waals surface area contributed by atoms with E-state index in [4.69, 9.17) is 4.74 Å². The van der Waals surface area contributed by atoms with Crippen molar-refractivity contribution in [1.82, 2.24) is 0 Å². The second-order valence-corrected chi connectivity index (χ2v) is 5.85. The van der Waals surface area contributed by atoms with E-state index in [0.29, 0.717) is 12.3 Å². The van der Waals surface area contributed by atoms with E-state index >= 15 is 0 Å². The summed E-state index contributed by atoms with van der Waals surface area (Å²) in [7, 11) is 0. The zero-order chi connectivity index (χ0) is 18.2. The molecule has 25 heavy (non-hydrogen) atoms. The zero-order valence-corrected chi connectivity index (χ0v) is 14.4. The number of hydrogen-bond donors (Lipinski definition) is 2. The van der Waals surface area contributed by atoms with Crippen LogP contribution in [0.1, 0.15) is 31.7 Å². The molecule has 0 fully saturated rings. The molecule has 2 rings (SSSR count). The predicted molar refractivity (Wildman–Crippen MR) is 96.8 cm³/mol. The zero-order valence-electron chi connectivity index (χ0n) is 14.4. The smallest absolute Gasteiger partial charge is 0.307 e. The number of amides is 1. The molecule has 0 saturated carbocycles. The summed E-state index contributed by atoms with van der Waals surface area (Å²) >= 11 is 0. The maximum atomic E-state index is 12.3. The van der Waals surface area contributed by atoms with Crippen LogP contribution in [0.2, 0.25) is 0 Å². The van der Waals surface area contributed by atoms with Gasteiger partial charge in [0.05, 0.1) is 12.5 Å². The van der Waals surface area contributed by atoms with Gasteiger partial charge in [-0.05, 0) is 42.7 Å². The Morgan fingerprint density at radius 3 is 2.28 bits per heavy atom. The molecule has 0 aliphatic heterocycles. The summed E-state index contributed by atoms with van der Waals surface area (Å²) < 4.78 is 5.35. The van der Waals surface area contributed by atoms with Gasteiger partial charge < -0.3 is 15.2 Å². The van der Waals surface area contributed by atoms with Crippen LogP contribution in [0, 0.1) is 5.92 Å². The predicted octanol–water partition coefficient (Wildman–Crippen LogP) is 3.92. The van der Waals surface area contributed by atoms with E-state index in [9.17, 15) is 14.7 Å². The van der Waals surface area contributed by atoms with Crippen LogP contribution in [0.15, 0.2) is 54.6 Å². The Morgan fingerprint density at radius 2 is 1.72 bits per heavy atom. The number of aliphatic carboxylic acids is 1. The fourth-order valence-corrected chi connectivity index (χ4v) is 2.68. The van der Waals surface area contributed by atoms with Crippen molar-refractivity contribution >= 4 is 17.6 Å². The average Bonchev–Trinajstić information content (AvgIpc) is 2.61. The van der Waals surface area contributed by atoms with Gasteiger partial charge in [0.15, 0.2) is 0 Å². The molecule has 132 valence electrons. The van der Waals surface area contributed by atoms with Crippen molar-refractivity contribution in [2.75, 3.05) is 11.9 Å². The molecule has 5 nitrogen and oxygen atoms in total. The number of anilines is 1. The lowest BCUT2D eigenvalue weighted by molar-refractivity contribution is -0.144. The highest BCUT2D eigenvalue weighted by Crippen LogP contribution is 2.27. The normalized spacial score (nSPS) is 12.9. The monoisotopic (exact) mass is 341 g/mol. The number of ether oxygens (including phenoxy) is 1. The molecule has 0 saturated heterocycles. The molecule has 0 heterocycles. The molecule has 0 spiro atoms. The molecule has 0 aromatic heterocycles. The first-order valence-electron chi connectivity index (χ1n) is 8.31. The van der Waals surface area contributed by atoms with E-state index in [1.165, 1.54) is 0 Å². The summed E-state index contributed by atoms with van der Waals surface area (Å²) in [6.07, 6.45) is -0.0847. The van der Waals surface area contributed by atoms with Gasteiger partial charge in [-0.1, -0.05) is 37.3 Å². The number of carboxylic acids is 1. The number of rotatable bonds is 8. The van der Waals surface area contributed by atoms with Gasteiger partial charge in [-0.15, -0.1) is 0 Å². The maximum Gasteiger partial charge on any atom is 0.307 e. The third-order valence-electron chi connectivity index (χ3n) is 4.10. The molecule has 5 heteroatoms. The SMILES string of the molecule is CCOc1ccc(NC(=O)C[C@@H](C(=O)O)[C@@H](C)c2ccccc2)cc1. The van der Waals surface area contributed by atoms with Crippen LogP contribution in [0.5, 0.6) is 5.75 Å². The summed E-state index contributed by atoms with van der Waals surface area (Å²) in [6, 6.07) is 16.4. The van der Waals surface area contributed by atoms with Crippen LogP contribution in [-0.2, 0) is 9.59 Å². The number of carbonyl (C=O) groups excluding carboxylic acids is 1. The molecule has 0 aliphatic rings. The van der Waals surface area contributed by atoms with Gasteiger partial charge in [-0.3, -0.25) is 9.59 Å². The fraction of sp³-hybridized carbons (Fsp3) is 0.300. The van der Waals surface area contributed by atoms with E-state index in [-0.39, 0.29) is 18.2 Å². The van der Waals surface area contributed by atoms with Crippen LogP contribution in [0.4, 0.5) is 5.69 Å². The van der Waals surface area contributed by atoms with E-state index in [2.05, 4.69) is 5.32 Å². The maximum absolute atomic E-state index is 12.3. The van der Waals surface area contributed by atoms with Gasteiger partial charge in [-0.2, -0.15) is 0 Å². The Kier molecular flexibility index (Phi) is 6.57. The molecule has 1 amide bonds. The first-order valence-corrected chi connectivity index (χ1v) is 8.31. The van der Waals surface area contributed by atoms with Crippen LogP contribution >= 0.6 is 0 Å². The minimum Gasteiger partial charge on any atom is -0.494 e. The lowest BCUT2D eigenvalue weighted by atomic mass is 9.85. The number of carbonyl (C=O) groups is 2. The van der Waals surface area contributed by atoms with Crippen molar-refractivity contribution in [1.29, 1.82) is 0 Å². The highest BCUT2D eigenvalue weighted by molar-refractivity contribution is 5.93. The van der Waals surface area contributed by atoms with Crippen LogP contribution in [0.3, 0.4) is 0 Å². The Labute approximate surface area is 147 Å². The van der Waals surface area contributed by atoms with Gasteiger partial charge in [0.25, 0.3) is 0 Å². The Morgan fingerprint density at radius 1 is 1.08 bits per heavy atom. The number of nitrogens with one attached hydrogen (secondary N) is 1. The topological polar surface area (TPSA) is 75.6 Å². The van der Waals surface area contributed by atoms with E-state index in [1.807, 2.05) is 44.2 Å². The highest BCUT2D eigenvalue weighted by Gasteiger charge is 2.28. The van der Waals surface area contributed by atoms with Crippen molar-refractivity contribution in [3.05, 3.63) is 60.2 Å². The van der Waals surface area contributed by atoms with E-state index in [1.54, 1.807) is 24.3 Å². The molecule has 2 atom stereocenters.